The first-order valence-corrected chi connectivity index (χ1v) is 4.06. The minimum Gasteiger partial charge on any atom is -0.481 e. The maximum atomic E-state index is 12.8. The molecular formula is C8H8F2O2. The van der Waals surface area contributed by atoms with Crippen molar-refractivity contribution in [2.45, 2.75) is 25.2 Å². The number of hydrogen-bond acceptors (Lipinski definition) is 1. The zero-order chi connectivity index (χ0) is 8.78. The molecule has 2 nitrogen and oxygen atoms in total. The lowest BCUT2D eigenvalue weighted by Crippen LogP contribution is -2.03. The number of rotatable bonds is 1. The Hall–Kier alpha value is -0.670. The van der Waals surface area contributed by atoms with Crippen LogP contribution in [0.1, 0.15) is 19.3 Å². The number of fused-ring (bicyclic) bond motifs is 1. The number of carbonyl (C=O) groups is 1. The summed E-state index contributed by atoms with van der Waals surface area (Å²) in [5, 5.41) is 8.61. The van der Waals surface area contributed by atoms with Gasteiger partial charge in [0.1, 0.15) is 0 Å². The second-order valence-corrected chi connectivity index (χ2v) is 4.39. The standard InChI is InChI=1S/C8H8F2O2/c9-8(10)3-7(8)2-6(7)1-4(6)5(11)12/h4H,1-3H2,(H,11,12). The topological polar surface area (TPSA) is 37.3 Å². The fraction of sp³-hybridized carbons (Fsp3) is 0.875. The number of carboxylic acids is 1. The highest BCUT2D eigenvalue weighted by Gasteiger charge is 2.97. The molecule has 3 aliphatic carbocycles. The molecule has 4 heteroatoms. The Labute approximate surface area is 67.6 Å². The molecule has 0 aliphatic heterocycles. The Morgan fingerprint density at radius 3 is 2.25 bits per heavy atom. The van der Waals surface area contributed by atoms with Gasteiger partial charge in [-0.05, 0) is 18.3 Å². The van der Waals surface area contributed by atoms with Crippen molar-refractivity contribution in [3.63, 3.8) is 0 Å². The molecule has 0 heterocycles. The van der Waals surface area contributed by atoms with Crippen molar-refractivity contribution in [1.82, 2.24) is 0 Å². The fourth-order valence-electron chi connectivity index (χ4n) is 2.91. The van der Waals surface area contributed by atoms with Gasteiger partial charge in [-0.1, -0.05) is 0 Å². The SMILES string of the molecule is O=C(O)C1CC12CC21CC1(F)F. The molecular weight excluding hydrogens is 166 g/mol. The summed E-state index contributed by atoms with van der Waals surface area (Å²) in [6.07, 6.45) is 0.867. The summed E-state index contributed by atoms with van der Waals surface area (Å²) >= 11 is 0. The van der Waals surface area contributed by atoms with Gasteiger partial charge in [-0.15, -0.1) is 0 Å². The van der Waals surface area contributed by atoms with Gasteiger partial charge in [-0.3, -0.25) is 4.79 Å². The van der Waals surface area contributed by atoms with Crippen LogP contribution >= 0.6 is 0 Å². The normalized spacial score (nSPS) is 57.3. The lowest BCUT2D eigenvalue weighted by Gasteiger charge is -1.92. The summed E-state index contributed by atoms with van der Waals surface area (Å²) in [6, 6.07) is 0. The van der Waals surface area contributed by atoms with Crippen LogP contribution in [0, 0.1) is 16.7 Å². The third kappa shape index (κ3) is 0.441. The second kappa shape index (κ2) is 1.30. The first-order chi connectivity index (χ1) is 5.45. The molecule has 3 atom stereocenters. The molecule has 0 aromatic carbocycles. The monoisotopic (exact) mass is 174 g/mol. The van der Waals surface area contributed by atoms with E-state index in [1.807, 2.05) is 0 Å². The quantitative estimate of drug-likeness (QED) is 0.654. The molecule has 0 radical (unpaired) electrons. The van der Waals surface area contributed by atoms with E-state index in [1.54, 1.807) is 0 Å². The Balaban J connectivity index is 1.83. The Morgan fingerprint density at radius 2 is 2.00 bits per heavy atom. The Morgan fingerprint density at radius 1 is 1.42 bits per heavy atom. The van der Waals surface area contributed by atoms with E-state index in [2.05, 4.69) is 0 Å². The third-order valence-electron chi connectivity index (χ3n) is 3.92. The zero-order valence-corrected chi connectivity index (χ0v) is 6.31. The van der Waals surface area contributed by atoms with E-state index in [1.165, 1.54) is 0 Å². The number of carboxylic acid groups (broad SMARTS) is 1. The predicted octanol–water partition coefficient (Wildman–Crippen LogP) is 1.51. The molecule has 66 valence electrons. The minimum atomic E-state index is -2.54. The van der Waals surface area contributed by atoms with Crippen LogP contribution in [-0.4, -0.2) is 17.0 Å². The summed E-state index contributed by atoms with van der Waals surface area (Å²) in [7, 11) is 0. The molecule has 3 rings (SSSR count). The molecule has 0 aromatic heterocycles. The van der Waals surface area contributed by atoms with E-state index in [0.29, 0.717) is 12.8 Å². The van der Waals surface area contributed by atoms with Crippen molar-refractivity contribution < 1.29 is 18.7 Å². The zero-order valence-electron chi connectivity index (χ0n) is 6.31. The first-order valence-electron chi connectivity index (χ1n) is 4.06. The molecule has 3 aliphatic rings. The molecule has 12 heavy (non-hydrogen) atoms. The van der Waals surface area contributed by atoms with Gasteiger partial charge in [0.05, 0.1) is 5.92 Å². The van der Waals surface area contributed by atoms with Crippen LogP contribution < -0.4 is 0 Å². The van der Waals surface area contributed by atoms with Gasteiger partial charge >= 0.3 is 5.97 Å². The van der Waals surface area contributed by atoms with E-state index in [-0.39, 0.29) is 6.42 Å². The van der Waals surface area contributed by atoms with Crippen LogP contribution in [0.3, 0.4) is 0 Å². The second-order valence-electron chi connectivity index (χ2n) is 4.39. The average Bonchev–Trinajstić information content (AvgIpc) is 2.76. The molecule has 3 fully saturated rings. The van der Waals surface area contributed by atoms with Crippen molar-refractivity contribution >= 4 is 5.97 Å². The van der Waals surface area contributed by atoms with E-state index in [4.69, 9.17) is 5.11 Å². The third-order valence-corrected chi connectivity index (χ3v) is 3.92. The van der Waals surface area contributed by atoms with E-state index in [9.17, 15) is 13.6 Å². The van der Waals surface area contributed by atoms with Gasteiger partial charge in [0, 0.05) is 11.8 Å². The molecule has 0 amide bonds. The van der Waals surface area contributed by atoms with E-state index < -0.39 is 28.6 Å². The summed E-state index contributed by atoms with van der Waals surface area (Å²) in [5.74, 6) is -3.91. The highest BCUT2D eigenvalue weighted by atomic mass is 19.3. The number of hydrogen-bond donors (Lipinski definition) is 1. The molecule has 0 saturated heterocycles. The lowest BCUT2D eigenvalue weighted by atomic mass is 10.2. The van der Waals surface area contributed by atoms with Crippen LogP contribution in [0.4, 0.5) is 8.78 Å². The highest BCUT2D eigenvalue weighted by Crippen LogP contribution is 2.95. The van der Waals surface area contributed by atoms with Crippen LogP contribution in [0.2, 0.25) is 0 Å². The molecule has 2 spiro atoms. The van der Waals surface area contributed by atoms with Crippen molar-refractivity contribution in [2.24, 2.45) is 16.7 Å². The first kappa shape index (κ1) is 6.80. The van der Waals surface area contributed by atoms with Crippen molar-refractivity contribution in [1.29, 1.82) is 0 Å². The molecule has 0 aromatic rings. The van der Waals surface area contributed by atoms with Crippen LogP contribution in [0.15, 0.2) is 0 Å². The van der Waals surface area contributed by atoms with Gasteiger partial charge < -0.3 is 5.11 Å². The smallest absolute Gasteiger partial charge is 0.307 e. The van der Waals surface area contributed by atoms with Gasteiger partial charge in [-0.2, -0.15) is 0 Å². The van der Waals surface area contributed by atoms with Crippen molar-refractivity contribution in [3.05, 3.63) is 0 Å². The van der Waals surface area contributed by atoms with Gasteiger partial charge in [-0.25, -0.2) is 8.78 Å². The summed E-state index contributed by atoms with van der Waals surface area (Å²) in [6.45, 7) is 0. The molecule has 3 saturated carbocycles. The molecule has 1 N–H and O–H groups in total. The molecule has 0 bridgehead atoms. The summed E-state index contributed by atoms with van der Waals surface area (Å²) < 4.78 is 25.5. The average molecular weight is 174 g/mol. The van der Waals surface area contributed by atoms with Crippen molar-refractivity contribution in [3.8, 4) is 0 Å². The van der Waals surface area contributed by atoms with Crippen LogP contribution in [-0.2, 0) is 4.79 Å². The number of halogens is 2. The number of alkyl halides is 2. The maximum absolute atomic E-state index is 12.8. The van der Waals surface area contributed by atoms with E-state index in [0.717, 1.165) is 0 Å². The summed E-state index contributed by atoms with van der Waals surface area (Å²) in [5.41, 5.74) is -1.33. The lowest BCUT2D eigenvalue weighted by molar-refractivity contribution is -0.139. The predicted molar refractivity (Wildman–Crippen MR) is 34.8 cm³/mol. The highest BCUT2D eigenvalue weighted by molar-refractivity contribution is 5.77. The van der Waals surface area contributed by atoms with Crippen LogP contribution in [0.25, 0.3) is 0 Å². The Kier molecular flexibility index (Phi) is 0.735. The van der Waals surface area contributed by atoms with E-state index >= 15 is 0 Å². The summed E-state index contributed by atoms with van der Waals surface area (Å²) in [4.78, 5) is 10.5. The Bertz CT molecular complexity index is 301. The molecule has 3 unspecified atom stereocenters. The minimum absolute atomic E-state index is 0.0657. The van der Waals surface area contributed by atoms with Gasteiger partial charge in [0.25, 0.3) is 5.92 Å². The largest absolute Gasteiger partial charge is 0.481 e. The fourth-order valence-corrected chi connectivity index (χ4v) is 2.91. The van der Waals surface area contributed by atoms with Gasteiger partial charge in [0.15, 0.2) is 0 Å². The maximum Gasteiger partial charge on any atom is 0.307 e. The number of aliphatic carboxylic acids is 1. The van der Waals surface area contributed by atoms with Crippen LogP contribution in [0.5, 0.6) is 0 Å². The van der Waals surface area contributed by atoms with Crippen molar-refractivity contribution in [2.75, 3.05) is 0 Å². The van der Waals surface area contributed by atoms with Gasteiger partial charge in [0.2, 0.25) is 0 Å².